The fourth-order valence-corrected chi connectivity index (χ4v) is 2.85. The van der Waals surface area contributed by atoms with E-state index in [1.165, 1.54) is 0 Å². The van der Waals surface area contributed by atoms with Crippen molar-refractivity contribution in [1.82, 2.24) is 25.2 Å². The first-order valence-electron chi connectivity index (χ1n) is 9.93. The van der Waals surface area contributed by atoms with Gasteiger partial charge in [-0.25, -0.2) is 14.8 Å². The Morgan fingerprint density at radius 3 is 2.60 bits per heavy atom. The number of nitrogens with one attached hydrogen (secondary N) is 2. The highest BCUT2D eigenvalue weighted by Crippen LogP contribution is 2.16. The van der Waals surface area contributed by atoms with Crippen LogP contribution in [0.25, 0.3) is 16.9 Å². The van der Waals surface area contributed by atoms with Crippen molar-refractivity contribution in [3.63, 3.8) is 0 Å². The number of amides is 2. The average molecular weight is 409 g/mol. The molecule has 0 atom stereocenters. The summed E-state index contributed by atoms with van der Waals surface area (Å²) in [6, 6.07) is 11.7. The van der Waals surface area contributed by atoms with E-state index in [4.69, 9.17) is 4.74 Å². The maximum Gasteiger partial charge on any atom is 0.407 e. The zero-order valence-corrected chi connectivity index (χ0v) is 17.5. The van der Waals surface area contributed by atoms with Crippen molar-refractivity contribution in [2.24, 2.45) is 0 Å². The Labute approximate surface area is 175 Å². The molecule has 0 aliphatic heterocycles. The van der Waals surface area contributed by atoms with E-state index in [9.17, 15) is 9.59 Å². The zero-order chi connectivity index (χ0) is 21.6. The minimum absolute atomic E-state index is 0.0781. The number of fused-ring (bicyclic) bond motifs is 1. The summed E-state index contributed by atoms with van der Waals surface area (Å²) in [4.78, 5) is 32.4. The largest absolute Gasteiger partial charge is 0.444 e. The molecule has 30 heavy (non-hydrogen) atoms. The molecule has 0 radical (unpaired) electrons. The third kappa shape index (κ3) is 6.04. The molecule has 0 aliphatic rings. The van der Waals surface area contributed by atoms with Crippen LogP contribution >= 0.6 is 0 Å². The van der Waals surface area contributed by atoms with Crippen molar-refractivity contribution in [2.75, 3.05) is 6.54 Å². The monoisotopic (exact) mass is 409 g/mol. The van der Waals surface area contributed by atoms with Crippen LogP contribution in [-0.4, -0.2) is 38.7 Å². The van der Waals surface area contributed by atoms with E-state index < -0.39 is 11.7 Å². The van der Waals surface area contributed by atoms with Crippen molar-refractivity contribution >= 4 is 23.0 Å². The smallest absolute Gasteiger partial charge is 0.407 e. The number of carbonyl (C=O) groups is 2. The van der Waals surface area contributed by atoms with E-state index in [2.05, 4.69) is 20.6 Å². The Morgan fingerprint density at radius 2 is 1.87 bits per heavy atom. The SMILES string of the molecule is CC(C)(C)OC(=O)NCCCC(=O)NCc1ccc(-n2cnc3ccccc32)nc1. The van der Waals surface area contributed by atoms with Gasteiger partial charge in [-0.15, -0.1) is 0 Å². The predicted octanol–water partition coefficient (Wildman–Crippen LogP) is 3.34. The van der Waals surface area contributed by atoms with Crippen molar-refractivity contribution < 1.29 is 14.3 Å². The van der Waals surface area contributed by atoms with Gasteiger partial charge >= 0.3 is 6.09 Å². The number of aromatic nitrogens is 3. The molecule has 158 valence electrons. The Bertz CT molecular complexity index is 1010. The van der Waals surface area contributed by atoms with Crippen LogP contribution in [0.4, 0.5) is 4.79 Å². The van der Waals surface area contributed by atoms with Gasteiger partial charge in [-0.1, -0.05) is 18.2 Å². The standard InChI is InChI=1S/C22H27N5O3/c1-22(2,3)30-21(29)23-12-6-9-20(28)25-14-16-10-11-19(24-13-16)27-15-26-17-7-4-5-8-18(17)27/h4-5,7-8,10-11,13,15H,6,9,12,14H2,1-3H3,(H,23,29)(H,25,28). The third-order valence-corrected chi connectivity index (χ3v) is 4.25. The second-order valence-corrected chi connectivity index (χ2v) is 7.94. The second kappa shape index (κ2) is 9.39. The van der Waals surface area contributed by atoms with Crippen LogP contribution in [0.3, 0.4) is 0 Å². The maximum absolute atomic E-state index is 12.0. The van der Waals surface area contributed by atoms with Gasteiger partial charge in [0.1, 0.15) is 17.7 Å². The fraction of sp³-hybridized carbons (Fsp3) is 0.364. The fourth-order valence-electron chi connectivity index (χ4n) is 2.85. The summed E-state index contributed by atoms with van der Waals surface area (Å²) in [7, 11) is 0. The average Bonchev–Trinajstić information content (AvgIpc) is 3.13. The number of pyridine rings is 1. The number of hydrogen-bond donors (Lipinski definition) is 2. The number of benzene rings is 1. The summed E-state index contributed by atoms with van der Waals surface area (Å²) < 4.78 is 7.07. The Balaban J connectivity index is 1.42. The molecule has 2 amide bonds. The molecule has 3 aromatic rings. The first kappa shape index (κ1) is 21.3. The molecule has 0 saturated carbocycles. The lowest BCUT2D eigenvalue weighted by Gasteiger charge is -2.19. The summed E-state index contributed by atoms with van der Waals surface area (Å²) >= 11 is 0. The number of imidazole rings is 1. The van der Waals surface area contributed by atoms with Gasteiger partial charge in [0.2, 0.25) is 5.91 Å². The third-order valence-electron chi connectivity index (χ3n) is 4.25. The number of nitrogens with zero attached hydrogens (tertiary/aromatic N) is 3. The maximum atomic E-state index is 12.0. The van der Waals surface area contributed by atoms with Gasteiger partial charge in [0.25, 0.3) is 0 Å². The summed E-state index contributed by atoms with van der Waals surface area (Å²) in [6.07, 6.45) is 3.88. The number of hydrogen-bond acceptors (Lipinski definition) is 5. The topological polar surface area (TPSA) is 98.1 Å². The molecule has 0 saturated heterocycles. The Kier molecular flexibility index (Phi) is 6.66. The van der Waals surface area contributed by atoms with Crippen LogP contribution in [0.5, 0.6) is 0 Å². The molecule has 0 fully saturated rings. The van der Waals surface area contributed by atoms with E-state index in [0.717, 1.165) is 22.4 Å². The molecular weight excluding hydrogens is 382 g/mol. The molecule has 2 heterocycles. The molecule has 2 aromatic heterocycles. The molecule has 2 N–H and O–H groups in total. The lowest BCUT2D eigenvalue weighted by Crippen LogP contribution is -2.33. The molecule has 8 nitrogen and oxygen atoms in total. The molecule has 0 unspecified atom stereocenters. The van der Waals surface area contributed by atoms with Crippen LogP contribution in [-0.2, 0) is 16.1 Å². The van der Waals surface area contributed by atoms with Crippen molar-refractivity contribution in [2.45, 2.75) is 45.8 Å². The molecule has 1 aromatic carbocycles. The van der Waals surface area contributed by atoms with Gasteiger partial charge in [-0.2, -0.15) is 0 Å². The summed E-state index contributed by atoms with van der Waals surface area (Å²) in [5.41, 5.74) is 2.28. The summed E-state index contributed by atoms with van der Waals surface area (Å²) in [6.45, 7) is 6.20. The van der Waals surface area contributed by atoms with E-state index in [1.807, 2.05) is 41.0 Å². The van der Waals surface area contributed by atoms with Crippen LogP contribution < -0.4 is 10.6 Å². The van der Waals surface area contributed by atoms with Crippen molar-refractivity contribution in [3.05, 3.63) is 54.5 Å². The molecule has 0 aliphatic carbocycles. The predicted molar refractivity (Wildman–Crippen MR) is 114 cm³/mol. The molecule has 3 rings (SSSR count). The first-order chi connectivity index (χ1) is 14.3. The van der Waals surface area contributed by atoms with E-state index >= 15 is 0 Å². The number of para-hydroxylation sites is 2. The van der Waals surface area contributed by atoms with E-state index in [0.29, 0.717) is 25.9 Å². The van der Waals surface area contributed by atoms with Crippen molar-refractivity contribution in [3.8, 4) is 5.82 Å². The summed E-state index contributed by atoms with van der Waals surface area (Å²) in [5.74, 6) is 0.692. The van der Waals surface area contributed by atoms with Gasteiger partial charge in [-0.3, -0.25) is 9.36 Å². The second-order valence-electron chi connectivity index (χ2n) is 7.94. The lowest BCUT2D eigenvalue weighted by molar-refractivity contribution is -0.121. The molecule has 0 spiro atoms. The summed E-state index contributed by atoms with van der Waals surface area (Å²) in [5, 5.41) is 5.51. The quantitative estimate of drug-likeness (QED) is 0.583. The number of rotatable bonds is 7. The van der Waals surface area contributed by atoms with Crippen LogP contribution in [0, 0.1) is 0 Å². The van der Waals surface area contributed by atoms with Crippen LogP contribution in [0.1, 0.15) is 39.2 Å². The minimum atomic E-state index is -0.532. The van der Waals surface area contributed by atoms with Gasteiger partial charge < -0.3 is 15.4 Å². The Morgan fingerprint density at radius 1 is 1.07 bits per heavy atom. The number of ether oxygens (including phenoxy) is 1. The molecule has 0 bridgehead atoms. The van der Waals surface area contributed by atoms with Crippen LogP contribution in [0.15, 0.2) is 48.9 Å². The van der Waals surface area contributed by atoms with Gasteiger partial charge in [0, 0.05) is 25.7 Å². The number of alkyl carbamates (subject to hydrolysis) is 1. The van der Waals surface area contributed by atoms with Gasteiger partial charge in [-0.05, 0) is 51.0 Å². The normalized spacial score (nSPS) is 11.3. The zero-order valence-electron chi connectivity index (χ0n) is 17.5. The number of carbonyl (C=O) groups excluding carboxylic acids is 2. The first-order valence-corrected chi connectivity index (χ1v) is 9.93. The van der Waals surface area contributed by atoms with Crippen LogP contribution in [0.2, 0.25) is 0 Å². The highest BCUT2D eigenvalue weighted by atomic mass is 16.6. The molecular formula is C22H27N5O3. The van der Waals surface area contributed by atoms with E-state index in [1.54, 1.807) is 33.3 Å². The highest BCUT2D eigenvalue weighted by molar-refractivity contribution is 5.77. The van der Waals surface area contributed by atoms with Crippen molar-refractivity contribution in [1.29, 1.82) is 0 Å². The minimum Gasteiger partial charge on any atom is -0.444 e. The van der Waals surface area contributed by atoms with Gasteiger partial charge in [0.05, 0.1) is 11.0 Å². The Hall–Kier alpha value is -3.42. The highest BCUT2D eigenvalue weighted by Gasteiger charge is 2.15. The van der Waals surface area contributed by atoms with Gasteiger partial charge in [0.15, 0.2) is 0 Å². The van der Waals surface area contributed by atoms with E-state index in [-0.39, 0.29) is 5.91 Å². The lowest BCUT2D eigenvalue weighted by atomic mass is 10.2. The molecule has 8 heteroatoms.